The van der Waals surface area contributed by atoms with E-state index in [2.05, 4.69) is 0 Å². The predicted molar refractivity (Wildman–Crippen MR) is 50.2 cm³/mol. The van der Waals surface area contributed by atoms with Crippen molar-refractivity contribution in [1.29, 1.82) is 0 Å². The molecule has 0 bridgehead atoms. The number of carbonyl (C=O) groups is 2. The van der Waals surface area contributed by atoms with Gasteiger partial charge in [0.1, 0.15) is 6.23 Å². The van der Waals surface area contributed by atoms with E-state index < -0.39 is 6.23 Å². The molecule has 13 heavy (non-hydrogen) atoms. The number of carbonyl (C=O) groups excluding carboxylic acids is 2. The van der Waals surface area contributed by atoms with Gasteiger partial charge < -0.3 is 4.74 Å². The van der Waals surface area contributed by atoms with Gasteiger partial charge in [-0.15, -0.1) is 0 Å². The smallest absolute Gasteiger partial charge is 0.244 e. The zero-order chi connectivity index (χ0) is 10.0. The van der Waals surface area contributed by atoms with Gasteiger partial charge in [-0.25, -0.2) is 0 Å². The summed E-state index contributed by atoms with van der Waals surface area (Å²) in [4.78, 5) is 24.1. The van der Waals surface area contributed by atoms with Crippen LogP contribution >= 0.6 is 11.8 Å². The summed E-state index contributed by atoms with van der Waals surface area (Å²) in [5.74, 6) is -0.273. The van der Waals surface area contributed by atoms with Crippen molar-refractivity contribution in [3.05, 3.63) is 0 Å². The quantitative estimate of drug-likeness (QED) is 0.625. The lowest BCUT2D eigenvalue weighted by atomic mass is 10.4. The maximum atomic E-state index is 11.6. The highest BCUT2D eigenvalue weighted by Crippen LogP contribution is 2.24. The molecule has 0 aliphatic carbocycles. The molecule has 1 aliphatic rings. The molecule has 0 aromatic carbocycles. The third kappa shape index (κ3) is 1.86. The summed E-state index contributed by atoms with van der Waals surface area (Å²) in [5, 5.41) is -0.218. The van der Waals surface area contributed by atoms with E-state index >= 15 is 0 Å². The monoisotopic (exact) mass is 203 g/mol. The van der Waals surface area contributed by atoms with Crippen LogP contribution < -0.4 is 0 Å². The van der Waals surface area contributed by atoms with Gasteiger partial charge in [-0.1, -0.05) is 0 Å². The number of hydrogen-bond acceptors (Lipinski definition) is 4. The van der Waals surface area contributed by atoms with E-state index in [1.165, 1.54) is 23.8 Å². The molecule has 74 valence electrons. The molecule has 1 aliphatic heterocycles. The minimum atomic E-state index is -0.447. The first-order valence-electron chi connectivity index (χ1n) is 4.03. The van der Waals surface area contributed by atoms with E-state index in [1.807, 2.05) is 6.26 Å². The summed E-state index contributed by atoms with van der Waals surface area (Å²) in [6, 6.07) is 0. The number of methoxy groups -OCH3 is 1. The molecule has 0 radical (unpaired) electrons. The van der Waals surface area contributed by atoms with Crippen molar-refractivity contribution < 1.29 is 14.3 Å². The lowest BCUT2D eigenvalue weighted by molar-refractivity contribution is -0.150. The predicted octanol–water partition coefficient (Wildman–Crippen LogP) is 0.469. The van der Waals surface area contributed by atoms with Crippen molar-refractivity contribution >= 4 is 23.6 Å². The molecule has 0 aromatic rings. The number of amides is 2. The van der Waals surface area contributed by atoms with Gasteiger partial charge in [-0.3, -0.25) is 14.5 Å². The highest BCUT2D eigenvalue weighted by molar-refractivity contribution is 8.00. The highest BCUT2D eigenvalue weighted by atomic mass is 32.2. The average molecular weight is 203 g/mol. The minimum absolute atomic E-state index is 0.133. The van der Waals surface area contributed by atoms with Crippen LogP contribution in [0, 0.1) is 0 Å². The molecule has 5 heteroatoms. The number of nitrogens with zero attached hydrogens (tertiary/aromatic N) is 1. The van der Waals surface area contributed by atoms with Gasteiger partial charge in [0.15, 0.2) is 0 Å². The lowest BCUT2D eigenvalue weighted by Gasteiger charge is -2.20. The van der Waals surface area contributed by atoms with Gasteiger partial charge in [0.25, 0.3) is 0 Å². The Labute approximate surface area is 81.6 Å². The maximum absolute atomic E-state index is 11.6. The Balaban J connectivity index is 2.75. The second-order valence-electron chi connectivity index (χ2n) is 2.87. The van der Waals surface area contributed by atoms with E-state index in [9.17, 15) is 9.59 Å². The lowest BCUT2D eigenvalue weighted by Crippen LogP contribution is -2.39. The van der Waals surface area contributed by atoms with E-state index in [0.717, 1.165) is 0 Å². The van der Waals surface area contributed by atoms with Crippen LogP contribution in [0.1, 0.15) is 13.3 Å². The standard InChI is InChI=1S/C8H13NO3S/c1-5(12-2)9-7(10)4-6(13-3)8(9)11/h5-6H,4H2,1-3H3. The number of hydrogen-bond donors (Lipinski definition) is 0. The summed E-state index contributed by atoms with van der Waals surface area (Å²) in [7, 11) is 1.48. The first kappa shape index (κ1) is 10.5. The van der Waals surface area contributed by atoms with E-state index in [-0.39, 0.29) is 17.1 Å². The zero-order valence-electron chi connectivity index (χ0n) is 7.94. The summed E-state index contributed by atoms with van der Waals surface area (Å²) in [6.45, 7) is 1.69. The first-order valence-corrected chi connectivity index (χ1v) is 5.32. The topological polar surface area (TPSA) is 46.6 Å². The van der Waals surface area contributed by atoms with Gasteiger partial charge in [-0.05, 0) is 13.2 Å². The van der Waals surface area contributed by atoms with Gasteiger partial charge in [0.2, 0.25) is 11.8 Å². The summed E-state index contributed by atoms with van der Waals surface area (Å²) < 4.78 is 4.94. The highest BCUT2D eigenvalue weighted by Gasteiger charge is 2.40. The second-order valence-corrected chi connectivity index (χ2v) is 3.91. The van der Waals surface area contributed by atoms with Crippen molar-refractivity contribution in [1.82, 2.24) is 4.90 Å². The molecule has 0 saturated carbocycles. The molecular formula is C8H13NO3S. The normalized spacial score (nSPS) is 25.5. The molecule has 2 unspecified atom stereocenters. The fraction of sp³-hybridized carbons (Fsp3) is 0.750. The van der Waals surface area contributed by atoms with Crippen LogP contribution in [0.4, 0.5) is 0 Å². The summed E-state index contributed by atoms with van der Waals surface area (Å²) in [5.41, 5.74) is 0. The molecule has 1 fully saturated rings. The van der Waals surface area contributed by atoms with Crippen LogP contribution in [-0.4, -0.2) is 41.6 Å². The molecule has 4 nitrogen and oxygen atoms in total. The number of imide groups is 1. The van der Waals surface area contributed by atoms with Gasteiger partial charge in [0, 0.05) is 13.5 Å². The van der Waals surface area contributed by atoms with Crippen molar-refractivity contribution in [3.63, 3.8) is 0 Å². The van der Waals surface area contributed by atoms with E-state index in [4.69, 9.17) is 4.74 Å². The Hall–Kier alpha value is -0.550. The Morgan fingerprint density at radius 1 is 1.62 bits per heavy atom. The third-order valence-electron chi connectivity index (χ3n) is 2.13. The molecule has 1 heterocycles. The number of rotatable bonds is 3. The molecule has 0 N–H and O–H groups in total. The minimum Gasteiger partial charge on any atom is -0.361 e. The van der Waals surface area contributed by atoms with E-state index in [0.29, 0.717) is 6.42 Å². The molecule has 1 rings (SSSR count). The Bertz CT molecular complexity index is 231. The Kier molecular flexibility index (Phi) is 3.33. The van der Waals surface area contributed by atoms with Crippen LogP contribution in [0.5, 0.6) is 0 Å². The molecular weight excluding hydrogens is 190 g/mol. The average Bonchev–Trinajstić information content (AvgIpc) is 2.40. The van der Waals surface area contributed by atoms with Crippen LogP contribution in [-0.2, 0) is 14.3 Å². The van der Waals surface area contributed by atoms with Crippen molar-refractivity contribution in [3.8, 4) is 0 Å². The molecule has 1 saturated heterocycles. The van der Waals surface area contributed by atoms with Crippen LogP contribution in [0.2, 0.25) is 0 Å². The van der Waals surface area contributed by atoms with Gasteiger partial charge in [0.05, 0.1) is 5.25 Å². The zero-order valence-corrected chi connectivity index (χ0v) is 8.76. The van der Waals surface area contributed by atoms with Crippen molar-refractivity contribution in [2.75, 3.05) is 13.4 Å². The molecule has 2 amide bonds. The van der Waals surface area contributed by atoms with Crippen LogP contribution in [0.15, 0.2) is 0 Å². The Morgan fingerprint density at radius 3 is 2.62 bits per heavy atom. The van der Waals surface area contributed by atoms with Crippen LogP contribution in [0.25, 0.3) is 0 Å². The number of ether oxygens (including phenoxy) is 1. The fourth-order valence-corrected chi connectivity index (χ4v) is 1.92. The maximum Gasteiger partial charge on any atom is 0.244 e. The number of thioether (sulfide) groups is 1. The molecule has 0 aromatic heterocycles. The SMILES string of the molecule is COC(C)N1C(=O)CC(SC)C1=O. The summed E-state index contributed by atoms with van der Waals surface area (Å²) >= 11 is 1.41. The first-order chi connectivity index (χ1) is 6.11. The molecule has 2 atom stereocenters. The van der Waals surface area contributed by atoms with Gasteiger partial charge in [-0.2, -0.15) is 11.8 Å². The van der Waals surface area contributed by atoms with Crippen molar-refractivity contribution in [2.24, 2.45) is 0 Å². The Morgan fingerprint density at radius 2 is 2.23 bits per heavy atom. The second kappa shape index (κ2) is 4.11. The fourth-order valence-electron chi connectivity index (χ4n) is 1.29. The molecule has 0 spiro atoms. The van der Waals surface area contributed by atoms with Crippen LogP contribution in [0.3, 0.4) is 0 Å². The van der Waals surface area contributed by atoms with Gasteiger partial charge >= 0.3 is 0 Å². The largest absolute Gasteiger partial charge is 0.361 e. The van der Waals surface area contributed by atoms with E-state index in [1.54, 1.807) is 6.92 Å². The third-order valence-corrected chi connectivity index (χ3v) is 3.07. The van der Waals surface area contributed by atoms with Crippen molar-refractivity contribution in [2.45, 2.75) is 24.8 Å². The summed E-state index contributed by atoms with van der Waals surface area (Å²) in [6.07, 6.45) is 1.68. The number of likely N-dealkylation sites (tertiary alicyclic amines) is 1.